The summed E-state index contributed by atoms with van der Waals surface area (Å²) in [5.74, 6) is 0. The van der Waals surface area contributed by atoms with Crippen LogP contribution in [0.25, 0.3) is 76.5 Å². The highest BCUT2D eigenvalue weighted by atomic mass is 15.1. The Morgan fingerprint density at radius 1 is 0.321 bits per heavy atom. The van der Waals surface area contributed by atoms with Crippen LogP contribution in [0.5, 0.6) is 0 Å². The van der Waals surface area contributed by atoms with Crippen molar-refractivity contribution in [2.75, 3.05) is 4.90 Å². The molecular weight excluding hydrogens is 675 g/mol. The minimum atomic E-state index is -0.0573. The van der Waals surface area contributed by atoms with Gasteiger partial charge in [0.1, 0.15) is 0 Å². The van der Waals surface area contributed by atoms with E-state index in [1.807, 2.05) is 0 Å². The average Bonchev–Trinajstić information content (AvgIpc) is 3.49. The maximum absolute atomic E-state index is 2.45. The van der Waals surface area contributed by atoms with Crippen molar-refractivity contribution in [3.63, 3.8) is 0 Å². The van der Waals surface area contributed by atoms with Gasteiger partial charge >= 0.3 is 0 Å². The van der Waals surface area contributed by atoms with E-state index in [9.17, 15) is 0 Å². The molecule has 1 aliphatic rings. The normalized spacial score (nSPS) is 13.0. The third-order valence-electron chi connectivity index (χ3n) is 12.2. The number of para-hydroxylation sites is 1. The Kier molecular flexibility index (Phi) is 7.28. The summed E-state index contributed by atoms with van der Waals surface area (Å²) in [5, 5.41) is 10.2. The van der Waals surface area contributed by atoms with Crippen LogP contribution in [0.1, 0.15) is 25.0 Å². The molecule has 11 rings (SSSR count). The molecule has 0 saturated heterocycles. The van der Waals surface area contributed by atoms with E-state index >= 15 is 0 Å². The molecule has 1 heteroatoms. The molecule has 0 radical (unpaired) electrons. The molecule has 1 nitrogen and oxygen atoms in total. The van der Waals surface area contributed by atoms with Crippen LogP contribution >= 0.6 is 0 Å². The fourth-order valence-corrected chi connectivity index (χ4v) is 9.34. The second-order valence-corrected chi connectivity index (χ2v) is 15.7. The van der Waals surface area contributed by atoms with Crippen molar-refractivity contribution in [2.45, 2.75) is 19.3 Å². The van der Waals surface area contributed by atoms with Crippen LogP contribution < -0.4 is 4.90 Å². The number of nitrogens with zero attached hydrogens (tertiary/aromatic N) is 1. The molecule has 0 atom stereocenters. The van der Waals surface area contributed by atoms with E-state index in [-0.39, 0.29) is 5.41 Å². The highest BCUT2D eigenvalue weighted by Gasteiger charge is 2.35. The van der Waals surface area contributed by atoms with Crippen LogP contribution in [-0.4, -0.2) is 0 Å². The lowest BCUT2D eigenvalue weighted by Gasteiger charge is -2.29. The lowest BCUT2D eigenvalue weighted by molar-refractivity contribution is 0.660. The van der Waals surface area contributed by atoms with Crippen molar-refractivity contribution in [2.24, 2.45) is 0 Å². The van der Waals surface area contributed by atoms with Gasteiger partial charge in [-0.25, -0.2) is 0 Å². The van der Waals surface area contributed by atoms with E-state index in [4.69, 9.17) is 0 Å². The quantitative estimate of drug-likeness (QED) is 0.161. The molecule has 0 unspecified atom stereocenters. The summed E-state index contributed by atoms with van der Waals surface area (Å²) >= 11 is 0. The molecule has 0 aliphatic heterocycles. The van der Waals surface area contributed by atoms with Crippen LogP contribution in [0, 0.1) is 0 Å². The molecule has 0 spiro atoms. The Morgan fingerprint density at radius 3 is 1.73 bits per heavy atom. The highest BCUT2D eigenvalue weighted by molar-refractivity contribution is 6.17. The number of hydrogen-bond acceptors (Lipinski definition) is 1. The maximum Gasteiger partial charge on any atom is 0.0540 e. The lowest BCUT2D eigenvalue weighted by Crippen LogP contribution is -2.15. The van der Waals surface area contributed by atoms with Gasteiger partial charge in [-0.1, -0.05) is 172 Å². The van der Waals surface area contributed by atoms with E-state index in [1.54, 1.807) is 0 Å². The molecule has 0 bridgehead atoms. The Bertz CT molecular complexity index is 3170. The zero-order valence-corrected chi connectivity index (χ0v) is 31.5. The minimum Gasteiger partial charge on any atom is -0.310 e. The Balaban J connectivity index is 1.06. The molecule has 10 aromatic carbocycles. The molecule has 1 aliphatic carbocycles. The predicted octanol–water partition coefficient (Wildman–Crippen LogP) is 15.4. The number of anilines is 3. The first kappa shape index (κ1) is 32.5. The van der Waals surface area contributed by atoms with Crippen LogP contribution in [0.15, 0.2) is 200 Å². The van der Waals surface area contributed by atoms with Crippen molar-refractivity contribution in [3.8, 4) is 33.4 Å². The Labute approximate surface area is 327 Å². The first-order valence-electron chi connectivity index (χ1n) is 19.6. The molecule has 0 fully saturated rings. The summed E-state index contributed by atoms with van der Waals surface area (Å²) in [4.78, 5) is 2.45. The van der Waals surface area contributed by atoms with Gasteiger partial charge in [0.25, 0.3) is 0 Å². The minimum absolute atomic E-state index is 0.0573. The average molecular weight is 714 g/mol. The van der Waals surface area contributed by atoms with Crippen molar-refractivity contribution in [3.05, 3.63) is 211 Å². The smallest absolute Gasteiger partial charge is 0.0540 e. The molecule has 0 heterocycles. The number of rotatable bonds is 5. The van der Waals surface area contributed by atoms with Crippen LogP contribution in [0.4, 0.5) is 17.1 Å². The number of hydrogen-bond donors (Lipinski definition) is 0. The van der Waals surface area contributed by atoms with E-state index < -0.39 is 0 Å². The van der Waals surface area contributed by atoms with Gasteiger partial charge in [-0.2, -0.15) is 0 Å². The van der Waals surface area contributed by atoms with Crippen LogP contribution in [0.3, 0.4) is 0 Å². The first-order valence-corrected chi connectivity index (χ1v) is 19.6. The lowest BCUT2D eigenvalue weighted by atomic mass is 9.82. The summed E-state index contributed by atoms with van der Waals surface area (Å²) in [6.07, 6.45) is 0. The van der Waals surface area contributed by atoms with Crippen LogP contribution in [-0.2, 0) is 5.41 Å². The Hall–Kier alpha value is -6.96. The molecule has 0 aromatic heterocycles. The van der Waals surface area contributed by atoms with Gasteiger partial charge in [-0.15, -0.1) is 0 Å². The Morgan fingerprint density at radius 2 is 0.893 bits per heavy atom. The van der Waals surface area contributed by atoms with Crippen molar-refractivity contribution < 1.29 is 0 Å². The third kappa shape index (κ3) is 5.08. The molecule has 0 saturated carbocycles. The fourth-order valence-electron chi connectivity index (χ4n) is 9.34. The zero-order chi connectivity index (χ0) is 37.4. The molecule has 10 aromatic rings. The zero-order valence-electron chi connectivity index (χ0n) is 31.5. The summed E-state index contributed by atoms with van der Waals surface area (Å²) in [6, 6.07) is 74.1. The number of fused-ring (bicyclic) bond motifs is 9. The standard InChI is InChI=1S/C55H39N/c1-55(2)52-17-9-7-16-49(52)51-35-44(29-32-53(51)55)56(54-18-10-8-15-46(54)42-22-19-36-11-3-4-13-40(36)33-42)43-27-23-37(24-28-43)41-21-20-39-26-30-47-45-14-6-5-12-38(45)25-31-48(47)50(39)34-41/h3-35H,1-2H3. The topological polar surface area (TPSA) is 3.24 Å². The SMILES string of the molecule is CC1(C)c2ccccc2-c2cc(N(c3ccc(-c4ccc5ccc6c7ccccc7ccc6c5c4)cc3)c3ccccc3-c3ccc4ccccc4c3)ccc21. The van der Waals surface area contributed by atoms with Gasteiger partial charge in [0.15, 0.2) is 0 Å². The molecular formula is C55H39N. The van der Waals surface area contributed by atoms with E-state index in [2.05, 4.69) is 219 Å². The second-order valence-electron chi connectivity index (χ2n) is 15.7. The van der Waals surface area contributed by atoms with E-state index in [0.29, 0.717) is 0 Å². The van der Waals surface area contributed by atoms with Gasteiger partial charge in [-0.05, 0) is 124 Å². The van der Waals surface area contributed by atoms with Gasteiger partial charge in [0.2, 0.25) is 0 Å². The van der Waals surface area contributed by atoms with Crippen molar-refractivity contribution >= 4 is 60.2 Å². The summed E-state index contributed by atoms with van der Waals surface area (Å²) in [7, 11) is 0. The summed E-state index contributed by atoms with van der Waals surface area (Å²) in [6.45, 7) is 4.70. The third-order valence-corrected chi connectivity index (χ3v) is 12.2. The monoisotopic (exact) mass is 713 g/mol. The molecule has 0 amide bonds. The van der Waals surface area contributed by atoms with Crippen LogP contribution in [0.2, 0.25) is 0 Å². The van der Waals surface area contributed by atoms with Gasteiger partial charge in [0, 0.05) is 22.4 Å². The van der Waals surface area contributed by atoms with E-state index in [0.717, 1.165) is 17.1 Å². The fraction of sp³-hybridized carbons (Fsp3) is 0.0545. The summed E-state index contributed by atoms with van der Waals surface area (Å²) < 4.78 is 0. The molecule has 56 heavy (non-hydrogen) atoms. The molecule has 0 N–H and O–H groups in total. The maximum atomic E-state index is 2.45. The van der Waals surface area contributed by atoms with Crippen molar-refractivity contribution in [1.29, 1.82) is 0 Å². The van der Waals surface area contributed by atoms with Gasteiger partial charge in [0.05, 0.1) is 5.69 Å². The van der Waals surface area contributed by atoms with Gasteiger partial charge in [-0.3, -0.25) is 0 Å². The van der Waals surface area contributed by atoms with Crippen molar-refractivity contribution in [1.82, 2.24) is 0 Å². The molecule has 264 valence electrons. The van der Waals surface area contributed by atoms with E-state index in [1.165, 1.54) is 87.6 Å². The highest BCUT2D eigenvalue weighted by Crippen LogP contribution is 2.51. The second kappa shape index (κ2) is 12.5. The largest absolute Gasteiger partial charge is 0.310 e. The predicted molar refractivity (Wildman–Crippen MR) is 240 cm³/mol. The number of benzene rings is 10. The van der Waals surface area contributed by atoms with Gasteiger partial charge < -0.3 is 4.90 Å². The summed E-state index contributed by atoms with van der Waals surface area (Å²) in [5.41, 5.74) is 13.5. The first-order chi connectivity index (χ1) is 27.5.